The fraction of sp³-hybridized carbons (Fsp3) is 0.500. The molecule has 5 rings (SSSR count). The first kappa shape index (κ1) is 24.4. The Bertz CT molecular complexity index is 1210. The SMILES string of the molecule is COc1ccc(-c2nc3cc(C(=O)NC4CCC(N)CC4)ccn3c2NC2CCCCC2)cc1OC. The van der Waals surface area contributed by atoms with Crippen LogP contribution in [0, 0.1) is 0 Å². The molecule has 0 aliphatic heterocycles. The van der Waals surface area contributed by atoms with Crippen LogP contribution in [0.25, 0.3) is 16.9 Å². The van der Waals surface area contributed by atoms with Crippen molar-refractivity contribution in [3.05, 3.63) is 42.1 Å². The Kier molecular flexibility index (Phi) is 7.32. The van der Waals surface area contributed by atoms with Crippen molar-refractivity contribution < 1.29 is 14.3 Å². The molecule has 1 aromatic carbocycles. The molecule has 0 unspecified atom stereocenters. The minimum Gasteiger partial charge on any atom is -0.493 e. The Morgan fingerprint density at radius 3 is 2.42 bits per heavy atom. The van der Waals surface area contributed by atoms with E-state index < -0.39 is 0 Å². The minimum absolute atomic E-state index is 0.0598. The highest BCUT2D eigenvalue weighted by Gasteiger charge is 2.23. The number of benzene rings is 1. The molecule has 0 spiro atoms. The van der Waals surface area contributed by atoms with Crippen LogP contribution < -0.4 is 25.8 Å². The van der Waals surface area contributed by atoms with Gasteiger partial charge < -0.3 is 25.8 Å². The third kappa shape index (κ3) is 5.14. The molecule has 8 nitrogen and oxygen atoms in total. The second kappa shape index (κ2) is 10.8. The maximum absolute atomic E-state index is 13.0. The summed E-state index contributed by atoms with van der Waals surface area (Å²) in [6, 6.07) is 10.4. The first-order valence-electron chi connectivity index (χ1n) is 13.1. The number of hydrogen-bond donors (Lipinski definition) is 3. The molecule has 2 fully saturated rings. The monoisotopic (exact) mass is 491 g/mol. The maximum atomic E-state index is 13.0. The van der Waals surface area contributed by atoms with Crippen LogP contribution in [0.3, 0.4) is 0 Å². The van der Waals surface area contributed by atoms with Gasteiger partial charge >= 0.3 is 0 Å². The first-order chi connectivity index (χ1) is 17.6. The van der Waals surface area contributed by atoms with Gasteiger partial charge in [-0.2, -0.15) is 0 Å². The zero-order valence-corrected chi connectivity index (χ0v) is 21.3. The smallest absolute Gasteiger partial charge is 0.251 e. The van der Waals surface area contributed by atoms with E-state index in [1.807, 2.05) is 36.5 Å². The average Bonchev–Trinajstić information content (AvgIpc) is 3.27. The molecule has 2 aliphatic rings. The van der Waals surface area contributed by atoms with Crippen molar-refractivity contribution >= 4 is 17.4 Å². The van der Waals surface area contributed by atoms with Crippen molar-refractivity contribution in [2.24, 2.45) is 5.73 Å². The number of fused-ring (bicyclic) bond motifs is 1. The van der Waals surface area contributed by atoms with E-state index in [1.165, 1.54) is 19.3 Å². The van der Waals surface area contributed by atoms with E-state index in [1.54, 1.807) is 14.2 Å². The second-order valence-corrected chi connectivity index (χ2v) is 10.1. The van der Waals surface area contributed by atoms with Gasteiger partial charge in [-0.25, -0.2) is 4.98 Å². The van der Waals surface area contributed by atoms with Crippen LogP contribution in [-0.4, -0.2) is 47.6 Å². The Morgan fingerprint density at radius 1 is 0.944 bits per heavy atom. The highest BCUT2D eigenvalue weighted by molar-refractivity contribution is 5.95. The van der Waals surface area contributed by atoms with E-state index in [0.717, 1.165) is 61.2 Å². The van der Waals surface area contributed by atoms with Gasteiger partial charge in [-0.15, -0.1) is 0 Å². The third-order valence-corrected chi connectivity index (χ3v) is 7.60. The van der Waals surface area contributed by atoms with Gasteiger partial charge in [0.05, 0.1) is 14.2 Å². The number of hydrogen-bond acceptors (Lipinski definition) is 6. The predicted molar refractivity (Wildman–Crippen MR) is 142 cm³/mol. The summed E-state index contributed by atoms with van der Waals surface area (Å²) >= 11 is 0. The molecule has 0 radical (unpaired) electrons. The number of nitrogens with two attached hydrogens (primary N) is 1. The molecule has 2 aromatic heterocycles. The zero-order valence-electron chi connectivity index (χ0n) is 21.3. The zero-order chi connectivity index (χ0) is 25.1. The molecular formula is C28H37N5O3. The van der Waals surface area contributed by atoms with Gasteiger partial charge in [0.25, 0.3) is 5.91 Å². The van der Waals surface area contributed by atoms with E-state index in [9.17, 15) is 4.79 Å². The number of methoxy groups -OCH3 is 2. The maximum Gasteiger partial charge on any atom is 0.251 e. The fourth-order valence-electron chi connectivity index (χ4n) is 5.48. The Morgan fingerprint density at radius 2 is 1.69 bits per heavy atom. The molecule has 0 atom stereocenters. The van der Waals surface area contributed by atoms with Gasteiger partial charge in [0.15, 0.2) is 11.5 Å². The number of pyridine rings is 1. The standard InChI is InChI=1S/C28H37N5O3/c1-35-23-13-8-18(16-24(23)36-2)26-27(30-21-6-4-3-5-7-21)33-15-14-19(17-25(33)32-26)28(34)31-22-11-9-20(29)10-12-22/h8,13-17,20-22,30H,3-7,9-12,29H2,1-2H3,(H,31,34). The number of nitrogens with one attached hydrogen (secondary N) is 2. The topological polar surface area (TPSA) is 103 Å². The molecule has 3 aromatic rings. The van der Waals surface area contributed by atoms with E-state index in [0.29, 0.717) is 23.1 Å². The fourth-order valence-corrected chi connectivity index (χ4v) is 5.48. The van der Waals surface area contributed by atoms with Crippen LogP contribution in [-0.2, 0) is 0 Å². The lowest BCUT2D eigenvalue weighted by atomic mass is 9.91. The van der Waals surface area contributed by atoms with Crippen molar-refractivity contribution in [3.63, 3.8) is 0 Å². The van der Waals surface area contributed by atoms with Gasteiger partial charge in [0.1, 0.15) is 17.2 Å². The molecule has 1 amide bonds. The second-order valence-electron chi connectivity index (χ2n) is 10.1. The lowest BCUT2D eigenvalue weighted by Crippen LogP contribution is -2.40. The number of nitrogens with zero attached hydrogens (tertiary/aromatic N) is 2. The summed E-state index contributed by atoms with van der Waals surface area (Å²) < 4.78 is 13.0. The first-order valence-corrected chi connectivity index (χ1v) is 13.1. The van der Waals surface area contributed by atoms with Gasteiger partial charge in [0.2, 0.25) is 0 Å². The number of rotatable bonds is 7. The van der Waals surface area contributed by atoms with Crippen molar-refractivity contribution in [1.29, 1.82) is 0 Å². The molecule has 36 heavy (non-hydrogen) atoms. The number of imidazole rings is 1. The molecule has 2 heterocycles. The van der Waals surface area contributed by atoms with E-state index >= 15 is 0 Å². The summed E-state index contributed by atoms with van der Waals surface area (Å²) in [6.45, 7) is 0. The Labute approximate surface area is 212 Å². The highest BCUT2D eigenvalue weighted by atomic mass is 16.5. The van der Waals surface area contributed by atoms with Crippen molar-refractivity contribution in [2.45, 2.75) is 75.9 Å². The van der Waals surface area contributed by atoms with E-state index in [-0.39, 0.29) is 18.0 Å². The summed E-state index contributed by atoms with van der Waals surface area (Å²) in [7, 11) is 3.27. The van der Waals surface area contributed by atoms with Crippen molar-refractivity contribution in [3.8, 4) is 22.8 Å². The third-order valence-electron chi connectivity index (χ3n) is 7.60. The van der Waals surface area contributed by atoms with Crippen molar-refractivity contribution in [2.75, 3.05) is 19.5 Å². The summed E-state index contributed by atoms with van der Waals surface area (Å²) in [5.41, 5.74) is 9.13. The van der Waals surface area contributed by atoms with Gasteiger partial charge in [-0.3, -0.25) is 9.20 Å². The predicted octanol–water partition coefficient (Wildman–Crippen LogP) is 4.76. The Balaban J connectivity index is 1.49. The number of amides is 1. The lowest BCUT2D eigenvalue weighted by molar-refractivity contribution is 0.0926. The number of anilines is 1. The van der Waals surface area contributed by atoms with Gasteiger partial charge in [0, 0.05) is 35.4 Å². The lowest BCUT2D eigenvalue weighted by Gasteiger charge is -2.26. The van der Waals surface area contributed by atoms with Crippen LogP contribution in [0.5, 0.6) is 11.5 Å². The van der Waals surface area contributed by atoms with Gasteiger partial charge in [-0.05, 0) is 68.9 Å². The molecule has 8 heteroatoms. The number of carbonyl (C=O) groups is 1. The Hall–Kier alpha value is -3.26. The number of ether oxygens (including phenoxy) is 2. The average molecular weight is 492 g/mol. The van der Waals surface area contributed by atoms with Crippen LogP contribution >= 0.6 is 0 Å². The van der Waals surface area contributed by atoms with Crippen LogP contribution in [0.2, 0.25) is 0 Å². The van der Waals surface area contributed by atoms with E-state index in [4.69, 9.17) is 20.2 Å². The normalized spacial score (nSPS) is 20.8. The molecule has 2 saturated carbocycles. The molecule has 0 bridgehead atoms. The largest absolute Gasteiger partial charge is 0.493 e. The molecule has 192 valence electrons. The van der Waals surface area contributed by atoms with Crippen LogP contribution in [0.4, 0.5) is 5.82 Å². The van der Waals surface area contributed by atoms with Gasteiger partial charge in [-0.1, -0.05) is 19.3 Å². The number of carbonyl (C=O) groups excluding carboxylic acids is 1. The van der Waals surface area contributed by atoms with E-state index in [2.05, 4.69) is 15.0 Å². The summed E-state index contributed by atoms with van der Waals surface area (Å²) in [5.74, 6) is 2.21. The molecule has 2 aliphatic carbocycles. The van der Waals surface area contributed by atoms with Crippen LogP contribution in [0.15, 0.2) is 36.5 Å². The van der Waals surface area contributed by atoms with Crippen molar-refractivity contribution in [1.82, 2.24) is 14.7 Å². The molecule has 4 N–H and O–H groups in total. The number of aromatic nitrogens is 2. The van der Waals surface area contributed by atoms with Crippen LogP contribution in [0.1, 0.15) is 68.1 Å². The highest BCUT2D eigenvalue weighted by Crippen LogP contribution is 2.36. The summed E-state index contributed by atoms with van der Waals surface area (Å²) in [5, 5.41) is 6.96. The molecular weight excluding hydrogens is 454 g/mol. The molecule has 0 saturated heterocycles. The summed E-state index contributed by atoms with van der Waals surface area (Å²) in [6.07, 6.45) is 11.8. The minimum atomic E-state index is -0.0598. The summed E-state index contributed by atoms with van der Waals surface area (Å²) in [4.78, 5) is 18.0. The quantitative estimate of drug-likeness (QED) is 0.440.